The van der Waals surface area contributed by atoms with Crippen molar-refractivity contribution in [2.75, 3.05) is 13.2 Å². The highest BCUT2D eigenvalue weighted by Gasteiger charge is 2.25. The normalized spacial score (nSPS) is 21.6. The molecule has 0 spiro atoms. The van der Waals surface area contributed by atoms with Gasteiger partial charge in [-0.05, 0) is 37.8 Å². The lowest BCUT2D eigenvalue weighted by atomic mass is 9.97. The Morgan fingerprint density at radius 2 is 2.44 bits per heavy atom. The van der Waals surface area contributed by atoms with Gasteiger partial charge in [-0.3, -0.25) is 16.3 Å². The Kier molecular flexibility index (Phi) is 4.92. The molecule has 5 nitrogen and oxygen atoms in total. The van der Waals surface area contributed by atoms with Crippen LogP contribution in [0.5, 0.6) is 5.75 Å². The molecule has 0 saturated carbocycles. The number of rotatable bonds is 5. The van der Waals surface area contributed by atoms with E-state index in [1.807, 2.05) is 19.2 Å². The summed E-state index contributed by atoms with van der Waals surface area (Å²) < 4.78 is 11.2. The molecule has 2 heterocycles. The molecule has 3 N–H and O–H groups in total. The van der Waals surface area contributed by atoms with Gasteiger partial charge in [0.25, 0.3) is 0 Å². The third kappa shape index (κ3) is 3.19. The summed E-state index contributed by atoms with van der Waals surface area (Å²) in [5, 5.41) is 0. The minimum absolute atomic E-state index is 0.0294. The van der Waals surface area contributed by atoms with Gasteiger partial charge in [0.05, 0.1) is 24.9 Å². The predicted molar refractivity (Wildman–Crippen MR) is 69.1 cm³/mol. The smallest absolute Gasteiger partial charge is 0.137 e. The van der Waals surface area contributed by atoms with Gasteiger partial charge in [0, 0.05) is 12.8 Å². The van der Waals surface area contributed by atoms with Crippen LogP contribution in [0.15, 0.2) is 18.5 Å². The van der Waals surface area contributed by atoms with E-state index in [9.17, 15) is 0 Å². The molecular weight excluding hydrogens is 230 g/mol. The Morgan fingerprint density at radius 1 is 1.56 bits per heavy atom. The fourth-order valence-electron chi connectivity index (χ4n) is 2.30. The van der Waals surface area contributed by atoms with Crippen molar-refractivity contribution in [1.29, 1.82) is 0 Å². The maximum Gasteiger partial charge on any atom is 0.137 e. The molecule has 0 radical (unpaired) electrons. The van der Waals surface area contributed by atoms with Gasteiger partial charge < -0.3 is 9.47 Å². The molecule has 5 heteroatoms. The van der Waals surface area contributed by atoms with E-state index in [-0.39, 0.29) is 12.1 Å². The Hall–Kier alpha value is -1.17. The summed E-state index contributed by atoms with van der Waals surface area (Å²) >= 11 is 0. The summed E-state index contributed by atoms with van der Waals surface area (Å²) in [5.74, 6) is 6.43. The minimum Gasteiger partial charge on any atom is -0.492 e. The first-order valence-corrected chi connectivity index (χ1v) is 6.50. The average Bonchev–Trinajstić information content (AvgIpc) is 2.42. The van der Waals surface area contributed by atoms with Gasteiger partial charge in [-0.1, -0.05) is 0 Å². The predicted octanol–water partition coefficient (Wildman–Crippen LogP) is 1.55. The van der Waals surface area contributed by atoms with Gasteiger partial charge in [0.15, 0.2) is 0 Å². The van der Waals surface area contributed by atoms with Gasteiger partial charge in [-0.2, -0.15) is 0 Å². The molecule has 0 aliphatic carbocycles. The van der Waals surface area contributed by atoms with Gasteiger partial charge in [0.1, 0.15) is 5.75 Å². The van der Waals surface area contributed by atoms with Crippen molar-refractivity contribution in [1.82, 2.24) is 10.4 Å². The molecule has 1 aliphatic rings. The topological polar surface area (TPSA) is 69.4 Å². The Balaban J connectivity index is 2.12. The van der Waals surface area contributed by atoms with Crippen LogP contribution < -0.4 is 16.0 Å². The Bertz CT molecular complexity index is 367. The van der Waals surface area contributed by atoms with Crippen LogP contribution in [-0.4, -0.2) is 24.3 Å². The molecule has 0 bridgehead atoms. The fourth-order valence-corrected chi connectivity index (χ4v) is 2.30. The fraction of sp³-hybridized carbons (Fsp3) is 0.615. The maximum absolute atomic E-state index is 5.77. The third-order valence-electron chi connectivity index (χ3n) is 3.17. The first kappa shape index (κ1) is 13.3. The Labute approximate surface area is 108 Å². The van der Waals surface area contributed by atoms with Gasteiger partial charge >= 0.3 is 0 Å². The van der Waals surface area contributed by atoms with Gasteiger partial charge in [-0.15, -0.1) is 0 Å². The second kappa shape index (κ2) is 6.68. The summed E-state index contributed by atoms with van der Waals surface area (Å²) in [6.07, 6.45) is 6.97. The van der Waals surface area contributed by atoms with Crippen LogP contribution in [0.3, 0.4) is 0 Å². The van der Waals surface area contributed by atoms with Crippen molar-refractivity contribution in [3.8, 4) is 5.75 Å². The van der Waals surface area contributed by atoms with Gasteiger partial charge in [0.2, 0.25) is 0 Å². The van der Waals surface area contributed by atoms with Crippen molar-refractivity contribution < 1.29 is 9.47 Å². The highest BCUT2D eigenvalue weighted by atomic mass is 16.5. The standard InChI is InChI=1S/C13H21N3O2/c1-2-17-11-7-10(8-15-9-11)13(16-14)12-5-3-4-6-18-12/h7-9,12-13,16H,2-6,14H2,1H3. The number of hydrazine groups is 1. The van der Waals surface area contributed by atoms with E-state index in [0.29, 0.717) is 6.61 Å². The molecule has 100 valence electrons. The van der Waals surface area contributed by atoms with Gasteiger partial charge in [-0.25, -0.2) is 0 Å². The molecule has 2 atom stereocenters. The van der Waals surface area contributed by atoms with Crippen LogP contribution >= 0.6 is 0 Å². The van der Waals surface area contributed by atoms with Crippen molar-refractivity contribution in [3.05, 3.63) is 24.0 Å². The van der Waals surface area contributed by atoms with Crippen LogP contribution in [0, 0.1) is 0 Å². The summed E-state index contributed by atoms with van der Waals surface area (Å²) in [4.78, 5) is 4.19. The van der Waals surface area contributed by atoms with Crippen LogP contribution in [0.25, 0.3) is 0 Å². The summed E-state index contributed by atoms with van der Waals surface area (Å²) in [6, 6.07) is 1.94. The average molecular weight is 251 g/mol. The molecule has 18 heavy (non-hydrogen) atoms. The number of hydrogen-bond acceptors (Lipinski definition) is 5. The third-order valence-corrected chi connectivity index (χ3v) is 3.17. The molecule has 0 amide bonds. The number of aromatic nitrogens is 1. The highest BCUT2D eigenvalue weighted by Crippen LogP contribution is 2.27. The molecule has 1 saturated heterocycles. The zero-order chi connectivity index (χ0) is 12.8. The summed E-state index contributed by atoms with van der Waals surface area (Å²) in [5.41, 5.74) is 3.85. The van der Waals surface area contributed by atoms with E-state index < -0.39 is 0 Å². The minimum atomic E-state index is -0.0294. The second-order valence-electron chi connectivity index (χ2n) is 4.44. The lowest BCUT2D eigenvalue weighted by Crippen LogP contribution is -2.39. The maximum atomic E-state index is 5.77. The monoisotopic (exact) mass is 251 g/mol. The van der Waals surface area contributed by atoms with E-state index in [4.69, 9.17) is 15.3 Å². The van der Waals surface area contributed by atoms with E-state index in [1.165, 1.54) is 6.42 Å². The van der Waals surface area contributed by atoms with Crippen LogP contribution in [0.1, 0.15) is 37.8 Å². The molecule has 0 aromatic carbocycles. The van der Waals surface area contributed by atoms with E-state index in [0.717, 1.165) is 30.8 Å². The molecule has 1 fully saturated rings. The quantitative estimate of drug-likeness (QED) is 0.614. The highest BCUT2D eigenvalue weighted by molar-refractivity contribution is 5.26. The SMILES string of the molecule is CCOc1cncc(C(NN)C2CCCCO2)c1. The molecular formula is C13H21N3O2. The number of nitrogens with one attached hydrogen (secondary N) is 1. The lowest BCUT2D eigenvalue weighted by molar-refractivity contribution is -0.00832. The lowest BCUT2D eigenvalue weighted by Gasteiger charge is -2.30. The van der Waals surface area contributed by atoms with Crippen molar-refractivity contribution in [2.45, 2.75) is 38.3 Å². The number of nitrogens with zero attached hydrogens (tertiary/aromatic N) is 1. The van der Waals surface area contributed by atoms with Crippen LogP contribution in [0.4, 0.5) is 0 Å². The molecule has 1 aromatic rings. The zero-order valence-corrected chi connectivity index (χ0v) is 10.8. The zero-order valence-electron chi connectivity index (χ0n) is 10.8. The largest absolute Gasteiger partial charge is 0.492 e. The molecule has 1 aromatic heterocycles. The van der Waals surface area contributed by atoms with E-state index >= 15 is 0 Å². The number of hydrogen-bond donors (Lipinski definition) is 2. The molecule has 1 aliphatic heterocycles. The second-order valence-corrected chi connectivity index (χ2v) is 4.44. The first-order valence-electron chi connectivity index (χ1n) is 6.50. The Morgan fingerprint density at radius 3 is 3.11 bits per heavy atom. The van der Waals surface area contributed by atoms with Crippen molar-refractivity contribution in [2.24, 2.45) is 5.84 Å². The van der Waals surface area contributed by atoms with E-state index in [2.05, 4.69) is 10.4 Å². The number of nitrogens with two attached hydrogens (primary N) is 1. The summed E-state index contributed by atoms with van der Waals surface area (Å²) in [6.45, 7) is 3.39. The number of ether oxygens (including phenoxy) is 2. The van der Waals surface area contributed by atoms with Crippen LogP contribution in [0.2, 0.25) is 0 Å². The van der Waals surface area contributed by atoms with Crippen molar-refractivity contribution in [3.63, 3.8) is 0 Å². The summed E-state index contributed by atoms with van der Waals surface area (Å²) in [7, 11) is 0. The number of pyridine rings is 1. The van der Waals surface area contributed by atoms with E-state index in [1.54, 1.807) is 6.20 Å². The molecule has 2 rings (SSSR count). The molecule has 2 unspecified atom stereocenters. The first-order chi connectivity index (χ1) is 8.85. The van der Waals surface area contributed by atoms with Crippen LogP contribution in [-0.2, 0) is 4.74 Å². The van der Waals surface area contributed by atoms with Crippen molar-refractivity contribution >= 4 is 0 Å².